The van der Waals surface area contributed by atoms with Crippen molar-refractivity contribution in [1.29, 1.82) is 0 Å². The molecule has 0 saturated carbocycles. The normalized spacial score (nSPS) is 14.2. The average molecular weight is 313 g/mol. The number of nitrogens with one attached hydrogen (secondary N) is 1. The molecule has 0 spiro atoms. The third-order valence-electron chi connectivity index (χ3n) is 3.25. The zero-order valence-corrected chi connectivity index (χ0v) is 11.9. The Morgan fingerprint density at radius 2 is 1.43 bits per heavy atom. The summed E-state index contributed by atoms with van der Waals surface area (Å²) in [7, 11) is -4.62. The summed E-state index contributed by atoms with van der Waals surface area (Å²) in [6.07, 6.45) is 0.147. The van der Waals surface area contributed by atoms with E-state index >= 15 is 0 Å². The van der Waals surface area contributed by atoms with Gasteiger partial charge in [-0.25, -0.2) is 0 Å². The van der Waals surface area contributed by atoms with Gasteiger partial charge in [0.15, 0.2) is 0 Å². The minimum Gasteiger partial charge on any atom is -0.330 e. The van der Waals surface area contributed by atoms with Crippen molar-refractivity contribution < 1.29 is 22.6 Å². The molecule has 0 saturated heterocycles. The van der Waals surface area contributed by atoms with E-state index in [2.05, 4.69) is 5.32 Å². The number of fused-ring (bicyclic) bond motifs is 2. The van der Waals surface area contributed by atoms with Crippen LogP contribution in [0.5, 0.6) is 0 Å². The first-order valence-electron chi connectivity index (χ1n) is 6.23. The Hall–Kier alpha value is -1.81. The van der Waals surface area contributed by atoms with Crippen LogP contribution in [0.15, 0.2) is 11.0 Å². The average Bonchev–Trinajstić information content (AvgIpc) is 2.36. The molecule has 2 amide bonds. The van der Waals surface area contributed by atoms with Crippen molar-refractivity contribution >= 4 is 21.9 Å². The van der Waals surface area contributed by atoms with Crippen LogP contribution in [0.4, 0.5) is 0 Å². The second-order valence-corrected chi connectivity index (χ2v) is 5.95. The van der Waals surface area contributed by atoms with Crippen molar-refractivity contribution in [2.75, 3.05) is 13.1 Å². The molecule has 0 aliphatic carbocycles. The summed E-state index contributed by atoms with van der Waals surface area (Å²) in [6, 6.07) is 1.33. The molecule has 2 bridgehead atoms. The van der Waals surface area contributed by atoms with Crippen LogP contribution in [0.2, 0.25) is 0 Å². The summed E-state index contributed by atoms with van der Waals surface area (Å²) in [5.41, 5.74) is 11.2. The Morgan fingerprint density at radius 3 is 1.76 bits per heavy atom. The Labute approximate surface area is 121 Å². The first-order valence-corrected chi connectivity index (χ1v) is 7.67. The van der Waals surface area contributed by atoms with Gasteiger partial charge in [0.25, 0.3) is 21.9 Å². The molecular weight excluding hydrogens is 298 g/mol. The number of carbonyl (C=O) groups excluding carboxylic acids is 2. The molecule has 0 fully saturated rings. The van der Waals surface area contributed by atoms with E-state index in [0.29, 0.717) is 0 Å². The Bertz CT molecular complexity index is 685. The van der Waals surface area contributed by atoms with Gasteiger partial charge < -0.3 is 11.5 Å². The number of hydrogen-bond acceptors (Lipinski definition) is 6. The van der Waals surface area contributed by atoms with Crippen LogP contribution < -0.4 is 16.8 Å². The predicted molar refractivity (Wildman–Crippen MR) is 73.6 cm³/mol. The number of nitrogens with two attached hydrogens (primary N) is 2. The molecule has 9 heteroatoms. The lowest BCUT2D eigenvalue weighted by molar-refractivity contribution is 0.0838. The zero-order valence-electron chi connectivity index (χ0n) is 11.0. The number of imide groups is 1. The Balaban J connectivity index is 2.91. The van der Waals surface area contributed by atoms with E-state index in [1.807, 2.05) is 0 Å². The maximum atomic E-state index is 11.8. The van der Waals surface area contributed by atoms with Gasteiger partial charge in [0.2, 0.25) is 0 Å². The molecule has 2 rings (SSSR count). The third kappa shape index (κ3) is 2.68. The minimum atomic E-state index is -4.62. The van der Waals surface area contributed by atoms with Crippen LogP contribution in [-0.4, -0.2) is 37.9 Å². The van der Waals surface area contributed by atoms with E-state index < -0.39 is 26.8 Å². The highest BCUT2D eigenvalue weighted by molar-refractivity contribution is 7.86. The highest BCUT2D eigenvalue weighted by Gasteiger charge is 2.33. The summed E-state index contributed by atoms with van der Waals surface area (Å²) < 4.78 is 32.9. The van der Waals surface area contributed by atoms with E-state index in [-0.39, 0.29) is 48.2 Å². The molecule has 0 atom stereocenters. The smallest absolute Gasteiger partial charge is 0.295 e. The molecule has 1 heterocycles. The van der Waals surface area contributed by atoms with Crippen LogP contribution in [0.25, 0.3) is 0 Å². The van der Waals surface area contributed by atoms with Gasteiger partial charge in [0.05, 0.1) is 0 Å². The molecule has 0 radical (unpaired) electrons. The van der Waals surface area contributed by atoms with Crippen LogP contribution in [0.1, 0.15) is 31.8 Å². The van der Waals surface area contributed by atoms with Gasteiger partial charge in [-0.1, -0.05) is 0 Å². The van der Waals surface area contributed by atoms with Crippen molar-refractivity contribution in [3.8, 4) is 0 Å². The molecule has 114 valence electrons. The summed E-state index contributed by atoms with van der Waals surface area (Å²) in [6.45, 7) is 0.163. The van der Waals surface area contributed by atoms with E-state index in [1.165, 1.54) is 6.07 Å². The lowest BCUT2D eigenvalue weighted by Gasteiger charge is -2.23. The lowest BCUT2D eigenvalue weighted by Crippen LogP contribution is -2.38. The number of benzene rings is 1. The van der Waals surface area contributed by atoms with Crippen molar-refractivity contribution in [2.24, 2.45) is 11.5 Å². The van der Waals surface area contributed by atoms with Crippen molar-refractivity contribution in [3.05, 3.63) is 28.3 Å². The summed E-state index contributed by atoms with van der Waals surface area (Å²) in [5, 5.41) is 2.13. The van der Waals surface area contributed by atoms with Crippen molar-refractivity contribution in [3.63, 3.8) is 0 Å². The predicted octanol–water partition coefficient (Wildman–Crippen LogP) is -1.18. The molecular formula is C12H15N3O5S. The first-order chi connectivity index (χ1) is 9.81. The van der Waals surface area contributed by atoms with Gasteiger partial charge in [-0.05, 0) is 43.1 Å². The van der Waals surface area contributed by atoms with Crippen molar-refractivity contribution in [1.82, 2.24) is 5.32 Å². The molecule has 21 heavy (non-hydrogen) atoms. The van der Waals surface area contributed by atoms with Gasteiger partial charge >= 0.3 is 0 Å². The standard InChI is InChI=1S/C12H15N3O5S/c13-3-1-6-8-5-9(12(17)15-11(8)16)7(2-4-14)10(6)21(18,19)20/h5H,1-4,13-14H2,(H,15,16,17)(H,18,19,20). The van der Waals surface area contributed by atoms with Gasteiger partial charge in [-0.2, -0.15) is 8.42 Å². The second kappa shape index (κ2) is 5.53. The molecule has 1 aromatic carbocycles. The van der Waals surface area contributed by atoms with Crippen LogP contribution in [0.3, 0.4) is 0 Å². The molecule has 1 aromatic rings. The van der Waals surface area contributed by atoms with Gasteiger partial charge in [0.1, 0.15) is 4.90 Å². The van der Waals surface area contributed by atoms with E-state index in [9.17, 15) is 22.6 Å². The van der Waals surface area contributed by atoms with E-state index in [1.54, 1.807) is 0 Å². The van der Waals surface area contributed by atoms with Crippen molar-refractivity contribution in [2.45, 2.75) is 17.7 Å². The molecule has 6 N–H and O–H groups in total. The monoisotopic (exact) mass is 313 g/mol. The molecule has 1 aliphatic heterocycles. The van der Waals surface area contributed by atoms with Crippen LogP contribution in [-0.2, 0) is 23.0 Å². The van der Waals surface area contributed by atoms with E-state index in [4.69, 9.17) is 11.5 Å². The molecule has 0 unspecified atom stereocenters. The lowest BCUT2D eigenvalue weighted by atomic mass is 9.91. The Morgan fingerprint density at radius 1 is 1.00 bits per heavy atom. The summed E-state index contributed by atoms with van der Waals surface area (Å²) >= 11 is 0. The Kier molecular flexibility index (Phi) is 4.10. The topological polar surface area (TPSA) is 153 Å². The highest BCUT2D eigenvalue weighted by atomic mass is 32.2. The maximum Gasteiger partial charge on any atom is 0.295 e. The fraction of sp³-hybridized carbons (Fsp3) is 0.333. The summed E-state index contributed by atoms with van der Waals surface area (Å²) in [5.74, 6) is -1.42. The SMILES string of the molecule is NCCc1c2cc(c(CCN)c1S(=O)(=O)O)C(=O)NC2=O. The van der Waals surface area contributed by atoms with Gasteiger partial charge in [-0.15, -0.1) is 0 Å². The maximum absolute atomic E-state index is 11.8. The number of carbonyl (C=O) groups is 2. The van der Waals surface area contributed by atoms with Gasteiger partial charge in [-0.3, -0.25) is 19.5 Å². The number of amides is 2. The number of hydrogen-bond donors (Lipinski definition) is 4. The number of rotatable bonds is 5. The third-order valence-corrected chi connectivity index (χ3v) is 4.26. The summed E-state index contributed by atoms with van der Waals surface area (Å²) in [4.78, 5) is 23.3. The second-order valence-electron chi connectivity index (χ2n) is 4.59. The quantitative estimate of drug-likeness (QED) is 0.394. The minimum absolute atomic E-state index is 0.0310. The molecule has 1 aliphatic rings. The fourth-order valence-electron chi connectivity index (χ4n) is 2.48. The highest BCUT2D eigenvalue weighted by Crippen LogP contribution is 2.31. The molecule has 8 nitrogen and oxygen atoms in total. The van der Waals surface area contributed by atoms with Crippen LogP contribution in [0, 0.1) is 0 Å². The zero-order chi connectivity index (χ0) is 15.8. The largest absolute Gasteiger partial charge is 0.330 e. The fourth-order valence-corrected chi connectivity index (χ4v) is 3.53. The van der Waals surface area contributed by atoms with E-state index in [0.717, 1.165) is 0 Å². The van der Waals surface area contributed by atoms with Gasteiger partial charge in [0, 0.05) is 11.1 Å². The first kappa shape index (κ1) is 15.6. The van der Waals surface area contributed by atoms with Crippen LogP contribution >= 0.6 is 0 Å². The molecule has 0 aromatic heterocycles.